The average Bonchev–Trinajstić information content (AvgIpc) is 2.96. The summed E-state index contributed by atoms with van der Waals surface area (Å²) in [4.78, 5) is 15.8. The quantitative estimate of drug-likeness (QED) is 0.688. The molecule has 0 spiro atoms. The predicted molar refractivity (Wildman–Crippen MR) is 92.0 cm³/mol. The number of ether oxygens (including phenoxy) is 1. The average molecular weight is 370 g/mol. The van der Waals surface area contributed by atoms with Crippen molar-refractivity contribution in [2.75, 3.05) is 31.2 Å². The van der Waals surface area contributed by atoms with Crippen molar-refractivity contribution in [3.63, 3.8) is 0 Å². The summed E-state index contributed by atoms with van der Waals surface area (Å²) in [5, 5.41) is -0.449. The van der Waals surface area contributed by atoms with E-state index in [1.165, 1.54) is 0 Å². The molecule has 0 amide bonds. The first-order valence-electron chi connectivity index (χ1n) is 7.53. The van der Waals surface area contributed by atoms with Crippen molar-refractivity contribution < 1.29 is 13.2 Å². The fourth-order valence-electron chi connectivity index (χ4n) is 2.35. The Morgan fingerprint density at radius 1 is 1.50 bits per heavy atom. The first-order valence-corrected chi connectivity index (χ1v) is 10.1. The summed E-state index contributed by atoms with van der Waals surface area (Å²) in [6, 6.07) is 0. The summed E-state index contributed by atoms with van der Waals surface area (Å²) in [6.45, 7) is 0.392. The van der Waals surface area contributed by atoms with Crippen LogP contribution in [-0.4, -0.2) is 48.7 Å². The van der Waals surface area contributed by atoms with Crippen molar-refractivity contribution in [3.8, 4) is 11.8 Å². The van der Waals surface area contributed by atoms with Crippen LogP contribution < -0.4 is 16.1 Å². The number of hydrogen-bond donors (Lipinski definition) is 2. The van der Waals surface area contributed by atoms with E-state index in [0.717, 1.165) is 18.6 Å². The molecule has 3 N–H and O–H groups in total. The number of aromatic nitrogens is 2. The molecule has 0 radical (unpaired) electrons. The van der Waals surface area contributed by atoms with E-state index in [1.807, 2.05) is 0 Å². The highest BCUT2D eigenvalue weighted by atomic mass is 32.2. The van der Waals surface area contributed by atoms with E-state index in [2.05, 4.69) is 21.5 Å². The van der Waals surface area contributed by atoms with Gasteiger partial charge < -0.3 is 10.5 Å². The van der Waals surface area contributed by atoms with E-state index < -0.39 is 15.3 Å². The third kappa shape index (κ3) is 3.75. The number of nitrogen functional groups attached to an aromatic ring is 1. The largest absolute Gasteiger partial charge is 0.382 e. The summed E-state index contributed by atoms with van der Waals surface area (Å²) in [5.41, 5.74) is 5.79. The van der Waals surface area contributed by atoms with E-state index in [-0.39, 0.29) is 36.6 Å². The van der Waals surface area contributed by atoms with Crippen LogP contribution in [-0.2, 0) is 14.8 Å². The zero-order valence-electron chi connectivity index (χ0n) is 12.9. The number of hydrogen-bond acceptors (Lipinski definition) is 7. The minimum absolute atomic E-state index is 0.0322. The molecule has 3 heterocycles. The molecule has 1 unspecified atom stereocenters. The molecule has 1 aromatic heterocycles. The number of thioether (sulfide) groups is 1. The number of nitrogens with one attached hydrogen (secondary N) is 1. The second-order valence-electron chi connectivity index (χ2n) is 5.52. The van der Waals surface area contributed by atoms with Crippen LogP contribution in [0.4, 0.5) is 5.82 Å². The maximum absolute atomic E-state index is 12.0. The first kappa shape index (κ1) is 17.3. The highest BCUT2D eigenvalue weighted by Crippen LogP contribution is 2.34. The summed E-state index contributed by atoms with van der Waals surface area (Å²) < 4.78 is 32.5. The fourth-order valence-corrected chi connectivity index (χ4v) is 4.66. The molecule has 1 aromatic rings. The Kier molecular flexibility index (Phi) is 5.15. The summed E-state index contributed by atoms with van der Waals surface area (Å²) >= 11 is 1.70. The SMILES string of the molecule is Nc1nc(=O)n(C2CCCS2)cc1C#CCNS(=O)(=O)C1COC1. The predicted octanol–water partition coefficient (Wildman–Crippen LogP) is -0.479. The molecule has 0 aromatic carbocycles. The minimum atomic E-state index is -3.40. The molecular formula is C14H18N4O4S2. The second kappa shape index (κ2) is 7.14. The highest BCUT2D eigenvalue weighted by molar-refractivity contribution is 7.99. The van der Waals surface area contributed by atoms with Gasteiger partial charge in [0, 0.05) is 6.20 Å². The second-order valence-corrected chi connectivity index (χ2v) is 8.86. The Balaban J connectivity index is 1.71. The summed E-state index contributed by atoms with van der Waals surface area (Å²) in [7, 11) is -3.40. The van der Waals surface area contributed by atoms with Crippen molar-refractivity contribution in [1.82, 2.24) is 14.3 Å². The molecule has 24 heavy (non-hydrogen) atoms. The summed E-state index contributed by atoms with van der Waals surface area (Å²) in [6.07, 6.45) is 3.57. The van der Waals surface area contributed by atoms with Crippen LogP contribution in [0.15, 0.2) is 11.0 Å². The van der Waals surface area contributed by atoms with Crippen LogP contribution in [0.2, 0.25) is 0 Å². The van der Waals surface area contributed by atoms with Gasteiger partial charge in [0.15, 0.2) is 0 Å². The molecule has 2 saturated heterocycles. The molecule has 130 valence electrons. The van der Waals surface area contributed by atoms with Gasteiger partial charge in [-0.1, -0.05) is 11.8 Å². The van der Waals surface area contributed by atoms with Crippen molar-refractivity contribution in [2.24, 2.45) is 0 Å². The zero-order chi connectivity index (χ0) is 17.2. The van der Waals surface area contributed by atoms with E-state index in [0.29, 0.717) is 5.56 Å². The van der Waals surface area contributed by atoms with Crippen molar-refractivity contribution in [2.45, 2.75) is 23.5 Å². The van der Waals surface area contributed by atoms with Gasteiger partial charge in [-0.15, -0.1) is 11.8 Å². The molecule has 0 saturated carbocycles. The molecule has 1 atom stereocenters. The lowest BCUT2D eigenvalue weighted by molar-refractivity contribution is 0.0412. The molecule has 0 bridgehead atoms. The van der Waals surface area contributed by atoms with Crippen molar-refractivity contribution in [3.05, 3.63) is 22.2 Å². The van der Waals surface area contributed by atoms with Gasteiger partial charge in [0.25, 0.3) is 0 Å². The van der Waals surface area contributed by atoms with Crippen LogP contribution >= 0.6 is 11.8 Å². The van der Waals surface area contributed by atoms with Crippen LogP contribution in [0, 0.1) is 11.8 Å². The Bertz CT molecular complexity index is 831. The van der Waals surface area contributed by atoms with Crippen LogP contribution in [0.3, 0.4) is 0 Å². The minimum Gasteiger partial charge on any atom is -0.382 e. The molecular weight excluding hydrogens is 352 g/mol. The zero-order valence-corrected chi connectivity index (χ0v) is 14.5. The maximum atomic E-state index is 12.0. The lowest BCUT2D eigenvalue weighted by Crippen LogP contribution is -2.46. The van der Waals surface area contributed by atoms with E-state index in [9.17, 15) is 13.2 Å². The topological polar surface area (TPSA) is 116 Å². The number of anilines is 1. The standard InChI is InChI=1S/C14H18N4O4S2/c15-13-10(3-1-5-16-24(20,21)11-8-22-9-11)7-18(14(19)17-13)12-4-2-6-23-12/h7,11-12,16H,2,4-6,8-9H2,(H2,15,17,19). The monoisotopic (exact) mass is 370 g/mol. The maximum Gasteiger partial charge on any atom is 0.350 e. The van der Waals surface area contributed by atoms with Gasteiger partial charge in [0.1, 0.15) is 11.1 Å². The molecule has 2 fully saturated rings. The van der Waals surface area contributed by atoms with Crippen molar-refractivity contribution >= 4 is 27.6 Å². The third-order valence-electron chi connectivity index (χ3n) is 3.83. The molecule has 2 aliphatic rings. The lowest BCUT2D eigenvalue weighted by Gasteiger charge is -2.25. The van der Waals surface area contributed by atoms with Gasteiger partial charge in [-0.05, 0) is 18.6 Å². The van der Waals surface area contributed by atoms with Crippen LogP contribution in [0.25, 0.3) is 0 Å². The van der Waals surface area contributed by atoms with E-state index >= 15 is 0 Å². The Morgan fingerprint density at radius 3 is 2.92 bits per heavy atom. The van der Waals surface area contributed by atoms with E-state index in [1.54, 1.807) is 22.5 Å². The Hall–Kier alpha value is -1.54. The number of nitrogens with two attached hydrogens (primary N) is 1. The third-order valence-corrected chi connectivity index (χ3v) is 6.90. The molecule has 3 rings (SSSR count). The van der Waals surface area contributed by atoms with Crippen LogP contribution in [0.5, 0.6) is 0 Å². The molecule has 2 aliphatic heterocycles. The van der Waals surface area contributed by atoms with Gasteiger partial charge in [0.2, 0.25) is 10.0 Å². The fraction of sp³-hybridized carbons (Fsp3) is 0.571. The highest BCUT2D eigenvalue weighted by Gasteiger charge is 2.31. The van der Waals surface area contributed by atoms with Crippen molar-refractivity contribution in [1.29, 1.82) is 0 Å². The summed E-state index contributed by atoms with van der Waals surface area (Å²) in [5.74, 6) is 6.57. The van der Waals surface area contributed by atoms with Crippen LogP contribution in [0.1, 0.15) is 23.8 Å². The smallest absolute Gasteiger partial charge is 0.350 e. The van der Waals surface area contributed by atoms with Gasteiger partial charge in [-0.2, -0.15) is 4.98 Å². The number of sulfonamides is 1. The van der Waals surface area contributed by atoms with Gasteiger partial charge in [-0.25, -0.2) is 17.9 Å². The Labute approximate surface area is 144 Å². The van der Waals surface area contributed by atoms with Gasteiger partial charge in [-0.3, -0.25) is 4.57 Å². The Morgan fingerprint density at radius 2 is 2.29 bits per heavy atom. The first-order chi connectivity index (χ1) is 11.5. The molecule has 0 aliphatic carbocycles. The molecule has 10 heteroatoms. The van der Waals surface area contributed by atoms with Gasteiger partial charge >= 0.3 is 5.69 Å². The number of nitrogens with zero attached hydrogens (tertiary/aromatic N) is 2. The lowest BCUT2D eigenvalue weighted by atomic mass is 10.3. The molecule has 8 nitrogen and oxygen atoms in total. The number of rotatable bonds is 4. The van der Waals surface area contributed by atoms with E-state index in [4.69, 9.17) is 10.5 Å². The normalized spacial score (nSPS) is 21.1. The van der Waals surface area contributed by atoms with Gasteiger partial charge in [0.05, 0.1) is 30.7 Å².